The molecule has 0 heterocycles. The molecule has 1 aromatic rings. The lowest BCUT2D eigenvalue weighted by Crippen LogP contribution is -2.11. The van der Waals surface area contributed by atoms with Gasteiger partial charge in [-0.05, 0) is 42.8 Å². The predicted molar refractivity (Wildman–Crippen MR) is 77.6 cm³/mol. The second kappa shape index (κ2) is 9.00. The van der Waals surface area contributed by atoms with E-state index in [2.05, 4.69) is 36.5 Å². The van der Waals surface area contributed by atoms with Gasteiger partial charge in [-0.25, -0.2) is 0 Å². The number of hydrogen-bond acceptors (Lipinski definition) is 3. The summed E-state index contributed by atoms with van der Waals surface area (Å²) in [5.41, 5.74) is 6.41. The van der Waals surface area contributed by atoms with Gasteiger partial charge in [0.1, 0.15) is 0 Å². The summed E-state index contributed by atoms with van der Waals surface area (Å²) in [6, 6.07) is 8.64. The maximum absolute atomic E-state index is 10.6. The Kier molecular flexibility index (Phi) is 7.53. The third-order valence-electron chi connectivity index (χ3n) is 2.59. The van der Waals surface area contributed by atoms with Crippen LogP contribution in [0, 0.1) is 0 Å². The summed E-state index contributed by atoms with van der Waals surface area (Å²) in [6.07, 6.45) is 2.43. The smallest absolute Gasteiger partial charge is 0.217 e. The molecule has 0 atom stereocenters. The van der Waals surface area contributed by atoms with Crippen molar-refractivity contribution in [3.8, 4) is 0 Å². The molecule has 0 aromatic heterocycles. The summed E-state index contributed by atoms with van der Waals surface area (Å²) in [7, 11) is 0. The highest BCUT2D eigenvalue weighted by molar-refractivity contribution is 7.99. The Balaban J connectivity index is 2.20. The van der Waals surface area contributed by atoms with Gasteiger partial charge in [0.05, 0.1) is 0 Å². The van der Waals surface area contributed by atoms with Crippen LogP contribution in [0.5, 0.6) is 0 Å². The van der Waals surface area contributed by atoms with Gasteiger partial charge in [-0.15, -0.1) is 11.8 Å². The molecule has 18 heavy (non-hydrogen) atoms. The van der Waals surface area contributed by atoms with Crippen LogP contribution in [0.2, 0.25) is 0 Å². The molecule has 0 aliphatic heterocycles. The van der Waals surface area contributed by atoms with Gasteiger partial charge in [-0.2, -0.15) is 0 Å². The summed E-state index contributed by atoms with van der Waals surface area (Å²) < 4.78 is 0. The molecular weight excluding hydrogens is 244 g/mol. The molecule has 3 N–H and O–H groups in total. The zero-order chi connectivity index (χ0) is 13.2. The molecule has 0 saturated heterocycles. The van der Waals surface area contributed by atoms with E-state index in [1.54, 1.807) is 0 Å². The molecule has 4 heteroatoms. The van der Waals surface area contributed by atoms with Crippen molar-refractivity contribution >= 4 is 17.7 Å². The Bertz CT molecular complexity index is 351. The van der Waals surface area contributed by atoms with E-state index in [1.807, 2.05) is 11.8 Å². The zero-order valence-electron chi connectivity index (χ0n) is 10.9. The van der Waals surface area contributed by atoms with Gasteiger partial charge in [0.2, 0.25) is 5.91 Å². The quantitative estimate of drug-likeness (QED) is 0.533. The number of rotatable bonds is 9. The normalized spacial score (nSPS) is 10.5. The molecule has 0 spiro atoms. The third-order valence-corrected chi connectivity index (χ3v) is 3.69. The molecule has 0 bridgehead atoms. The van der Waals surface area contributed by atoms with Gasteiger partial charge < -0.3 is 11.1 Å². The molecular formula is C14H22N2OS. The molecule has 0 aliphatic rings. The third kappa shape index (κ3) is 6.67. The van der Waals surface area contributed by atoms with Gasteiger partial charge >= 0.3 is 0 Å². The van der Waals surface area contributed by atoms with Crippen LogP contribution >= 0.6 is 11.8 Å². The van der Waals surface area contributed by atoms with E-state index >= 15 is 0 Å². The summed E-state index contributed by atoms with van der Waals surface area (Å²) in [6.45, 7) is 4.03. The lowest BCUT2D eigenvalue weighted by atomic mass is 10.2. The molecule has 0 radical (unpaired) electrons. The molecule has 0 fully saturated rings. The maximum atomic E-state index is 10.6. The van der Waals surface area contributed by atoms with E-state index in [4.69, 9.17) is 5.73 Å². The Morgan fingerprint density at radius 1 is 1.28 bits per heavy atom. The number of amides is 1. The number of hydrogen-bond donors (Lipinski definition) is 2. The van der Waals surface area contributed by atoms with E-state index in [1.165, 1.54) is 10.5 Å². The maximum Gasteiger partial charge on any atom is 0.217 e. The number of nitrogens with two attached hydrogens (primary N) is 1. The molecule has 0 aliphatic carbocycles. The highest BCUT2D eigenvalue weighted by Gasteiger charge is 1.97. The van der Waals surface area contributed by atoms with Crippen molar-refractivity contribution in [1.82, 2.24) is 5.32 Å². The number of carbonyl (C=O) groups excluding carboxylic acids is 1. The van der Waals surface area contributed by atoms with E-state index in [9.17, 15) is 4.79 Å². The van der Waals surface area contributed by atoms with Gasteiger partial charge in [0, 0.05) is 17.9 Å². The predicted octanol–water partition coefficient (Wildman–Crippen LogP) is 2.54. The summed E-state index contributed by atoms with van der Waals surface area (Å²) >= 11 is 1.83. The number of thioether (sulfide) groups is 1. The van der Waals surface area contributed by atoms with E-state index in [0.717, 1.165) is 31.7 Å². The number of primary amides is 1. The highest BCUT2D eigenvalue weighted by atomic mass is 32.2. The van der Waals surface area contributed by atoms with E-state index < -0.39 is 0 Å². The van der Waals surface area contributed by atoms with Crippen molar-refractivity contribution in [2.24, 2.45) is 5.73 Å². The second-order valence-electron chi connectivity index (χ2n) is 4.20. The number of carbonyl (C=O) groups is 1. The van der Waals surface area contributed by atoms with Crippen LogP contribution in [0.4, 0.5) is 0 Å². The average Bonchev–Trinajstić information content (AvgIpc) is 2.37. The van der Waals surface area contributed by atoms with Crippen molar-refractivity contribution in [2.45, 2.75) is 37.6 Å². The number of unbranched alkanes of at least 4 members (excludes halogenated alkanes) is 1. The van der Waals surface area contributed by atoms with Crippen molar-refractivity contribution in [1.29, 1.82) is 0 Å². The Hall–Kier alpha value is -1.00. The highest BCUT2D eigenvalue weighted by Crippen LogP contribution is 2.20. The van der Waals surface area contributed by atoms with Crippen molar-refractivity contribution in [2.75, 3.05) is 12.3 Å². The first kappa shape index (κ1) is 15.1. The van der Waals surface area contributed by atoms with Crippen molar-refractivity contribution < 1.29 is 4.79 Å². The van der Waals surface area contributed by atoms with Crippen LogP contribution in [-0.2, 0) is 11.3 Å². The zero-order valence-corrected chi connectivity index (χ0v) is 11.8. The first-order valence-corrected chi connectivity index (χ1v) is 7.41. The fourth-order valence-corrected chi connectivity index (χ4v) is 2.48. The molecule has 100 valence electrons. The van der Waals surface area contributed by atoms with Crippen LogP contribution in [0.15, 0.2) is 29.2 Å². The minimum absolute atomic E-state index is 0.201. The van der Waals surface area contributed by atoms with E-state index in [-0.39, 0.29) is 5.91 Å². The number of benzene rings is 1. The standard InChI is InChI=1S/C14H22N2OS/c1-2-16-11-12-6-8-13(9-7-12)18-10-4-3-5-14(15)17/h6-9,16H,2-5,10-11H2,1H3,(H2,15,17). The van der Waals surface area contributed by atoms with Gasteiger partial charge in [0.25, 0.3) is 0 Å². The summed E-state index contributed by atoms with van der Waals surface area (Å²) in [5, 5.41) is 3.30. The fourth-order valence-electron chi connectivity index (χ4n) is 1.56. The lowest BCUT2D eigenvalue weighted by molar-refractivity contribution is -0.118. The van der Waals surface area contributed by atoms with Crippen LogP contribution in [-0.4, -0.2) is 18.2 Å². The Morgan fingerprint density at radius 2 is 2.00 bits per heavy atom. The summed E-state index contributed by atoms with van der Waals surface area (Å²) in [5.74, 6) is 0.840. The SMILES string of the molecule is CCNCc1ccc(SCCCCC(N)=O)cc1. The van der Waals surface area contributed by atoms with Crippen LogP contribution in [0.25, 0.3) is 0 Å². The van der Waals surface area contributed by atoms with Gasteiger partial charge in [-0.1, -0.05) is 19.1 Å². The number of nitrogens with one attached hydrogen (secondary N) is 1. The minimum Gasteiger partial charge on any atom is -0.370 e. The average molecular weight is 266 g/mol. The largest absolute Gasteiger partial charge is 0.370 e. The molecule has 1 aromatic carbocycles. The van der Waals surface area contributed by atoms with Crippen LogP contribution in [0.3, 0.4) is 0 Å². The molecule has 0 saturated carbocycles. The topological polar surface area (TPSA) is 55.1 Å². The van der Waals surface area contributed by atoms with Crippen LogP contribution < -0.4 is 11.1 Å². The minimum atomic E-state index is -0.201. The Labute approximate surface area is 114 Å². The first-order chi connectivity index (χ1) is 8.72. The molecule has 0 unspecified atom stereocenters. The van der Waals surface area contributed by atoms with Crippen molar-refractivity contribution in [3.63, 3.8) is 0 Å². The van der Waals surface area contributed by atoms with Gasteiger partial charge in [0.15, 0.2) is 0 Å². The monoisotopic (exact) mass is 266 g/mol. The molecule has 1 rings (SSSR count). The van der Waals surface area contributed by atoms with E-state index in [0.29, 0.717) is 6.42 Å². The summed E-state index contributed by atoms with van der Waals surface area (Å²) in [4.78, 5) is 11.9. The molecule has 1 amide bonds. The Morgan fingerprint density at radius 3 is 2.61 bits per heavy atom. The fraction of sp³-hybridized carbons (Fsp3) is 0.500. The first-order valence-electron chi connectivity index (χ1n) is 6.43. The van der Waals surface area contributed by atoms with Crippen molar-refractivity contribution in [3.05, 3.63) is 29.8 Å². The van der Waals surface area contributed by atoms with Crippen LogP contribution in [0.1, 0.15) is 31.7 Å². The van der Waals surface area contributed by atoms with Gasteiger partial charge in [-0.3, -0.25) is 4.79 Å². The second-order valence-corrected chi connectivity index (χ2v) is 5.36. The lowest BCUT2D eigenvalue weighted by Gasteiger charge is -2.04. The molecule has 3 nitrogen and oxygen atoms in total.